The number of rotatable bonds is 1. The summed E-state index contributed by atoms with van der Waals surface area (Å²) in [5.41, 5.74) is 0.819. The number of nitrogens with zero attached hydrogens (tertiary/aromatic N) is 1. The van der Waals surface area contributed by atoms with Gasteiger partial charge in [-0.2, -0.15) is 0 Å². The molecule has 2 aliphatic rings. The molecule has 0 saturated carbocycles. The summed E-state index contributed by atoms with van der Waals surface area (Å²) >= 11 is 0. The van der Waals surface area contributed by atoms with Crippen molar-refractivity contribution in [1.82, 2.24) is 4.90 Å². The fourth-order valence-electron chi connectivity index (χ4n) is 2.06. The highest BCUT2D eigenvalue weighted by Gasteiger charge is 2.20. The van der Waals surface area contributed by atoms with Crippen LogP contribution >= 0.6 is 0 Å². The molecule has 1 fully saturated rings. The minimum Gasteiger partial charge on any atom is -0.369 e. The summed E-state index contributed by atoms with van der Waals surface area (Å²) in [5, 5.41) is 0. The molecule has 14 heavy (non-hydrogen) atoms. The summed E-state index contributed by atoms with van der Waals surface area (Å²) in [6, 6.07) is 0. The molecule has 0 N–H and O–H groups in total. The fraction of sp³-hybridized carbons (Fsp3) is 0.583. The molecule has 0 amide bonds. The Morgan fingerprint density at radius 1 is 1.36 bits per heavy atom. The molecule has 1 aliphatic carbocycles. The Morgan fingerprint density at radius 3 is 2.71 bits per heavy atom. The highest BCUT2D eigenvalue weighted by molar-refractivity contribution is 5.31. The average molecular weight is 194 g/mol. The molecule has 0 spiro atoms. The quantitative estimate of drug-likeness (QED) is 0.620. The topological polar surface area (TPSA) is 3.24 Å². The van der Waals surface area contributed by atoms with Gasteiger partial charge < -0.3 is 4.90 Å². The van der Waals surface area contributed by atoms with E-state index in [-0.39, 0.29) is 5.83 Å². The summed E-state index contributed by atoms with van der Waals surface area (Å²) < 4.78 is 13.4. The highest BCUT2D eigenvalue weighted by atomic mass is 19.1. The summed E-state index contributed by atoms with van der Waals surface area (Å²) in [4.78, 5) is 2.18. The van der Waals surface area contributed by atoms with Crippen LogP contribution in [0.15, 0.2) is 23.7 Å². The van der Waals surface area contributed by atoms with E-state index < -0.39 is 0 Å². The lowest BCUT2D eigenvalue weighted by atomic mass is 9.98. The molecule has 1 nitrogen and oxygen atoms in total. The lowest BCUT2D eigenvalue weighted by molar-refractivity contribution is 0.233. The summed E-state index contributed by atoms with van der Waals surface area (Å²) in [6.45, 7) is 4.29. The smallest absolute Gasteiger partial charge is 0.142 e. The third kappa shape index (κ3) is 1.99. The molecular formula is C12H17FN. The molecule has 0 aromatic carbocycles. The van der Waals surface area contributed by atoms with Crippen molar-refractivity contribution in [3.8, 4) is 0 Å². The van der Waals surface area contributed by atoms with Crippen molar-refractivity contribution in [2.75, 3.05) is 13.1 Å². The summed E-state index contributed by atoms with van der Waals surface area (Å²) in [7, 11) is 0. The zero-order chi connectivity index (χ0) is 9.97. The van der Waals surface area contributed by atoms with Gasteiger partial charge in [0, 0.05) is 13.1 Å². The van der Waals surface area contributed by atoms with E-state index in [1.165, 1.54) is 12.8 Å². The van der Waals surface area contributed by atoms with Crippen LogP contribution in [0.2, 0.25) is 0 Å². The lowest BCUT2D eigenvalue weighted by Crippen LogP contribution is -2.32. The molecule has 1 heterocycles. The van der Waals surface area contributed by atoms with E-state index in [9.17, 15) is 4.39 Å². The lowest BCUT2D eigenvalue weighted by Gasteiger charge is -2.34. The summed E-state index contributed by atoms with van der Waals surface area (Å²) in [5.74, 6) is 0.736. The average Bonchev–Trinajstić information content (AvgIpc) is 2.20. The van der Waals surface area contributed by atoms with Crippen molar-refractivity contribution in [3.63, 3.8) is 0 Å². The molecule has 0 aromatic heterocycles. The van der Waals surface area contributed by atoms with Gasteiger partial charge in [-0.3, -0.25) is 0 Å². The molecule has 1 radical (unpaired) electrons. The van der Waals surface area contributed by atoms with Crippen LogP contribution in [0.5, 0.6) is 0 Å². The first kappa shape index (κ1) is 9.75. The third-order valence-corrected chi connectivity index (χ3v) is 3.08. The van der Waals surface area contributed by atoms with Gasteiger partial charge in [0.15, 0.2) is 0 Å². The SMILES string of the molecule is CC1CCN(C2=CC[CH]C=C2F)CC1. The van der Waals surface area contributed by atoms with Crippen LogP contribution < -0.4 is 0 Å². The first-order valence-corrected chi connectivity index (χ1v) is 5.42. The number of halogens is 1. The first-order valence-electron chi connectivity index (χ1n) is 5.42. The zero-order valence-corrected chi connectivity index (χ0v) is 8.67. The molecule has 0 unspecified atom stereocenters. The second kappa shape index (κ2) is 4.16. The van der Waals surface area contributed by atoms with E-state index in [1.807, 2.05) is 12.5 Å². The van der Waals surface area contributed by atoms with Gasteiger partial charge in [0.2, 0.25) is 0 Å². The molecule has 1 aliphatic heterocycles. The normalized spacial score (nSPS) is 24.6. The van der Waals surface area contributed by atoms with Crippen LogP contribution in [0.3, 0.4) is 0 Å². The zero-order valence-electron chi connectivity index (χ0n) is 8.67. The molecule has 0 bridgehead atoms. The predicted octanol–water partition coefficient (Wildman–Crippen LogP) is 3.06. The Morgan fingerprint density at radius 2 is 2.07 bits per heavy atom. The van der Waals surface area contributed by atoms with Gasteiger partial charge in [0.25, 0.3) is 0 Å². The van der Waals surface area contributed by atoms with Crippen molar-refractivity contribution in [2.24, 2.45) is 5.92 Å². The number of piperidine rings is 1. The molecule has 0 aromatic rings. The summed E-state index contributed by atoms with van der Waals surface area (Å²) in [6.07, 6.45) is 8.70. The molecule has 0 atom stereocenters. The minimum absolute atomic E-state index is 0.0641. The van der Waals surface area contributed by atoms with Crippen molar-refractivity contribution in [3.05, 3.63) is 30.1 Å². The molecular weight excluding hydrogens is 177 g/mol. The fourth-order valence-corrected chi connectivity index (χ4v) is 2.06. The monoisotopic (exact) mass is 194 g/mol. The van der Waals surface area contributed by atoms with Gasteiger partial charge in [-0.25, -0.2) is 4.39 Å². The number of allylic oxidation sites excluding steroid dienone is 3. The molecule has 1 saturated heterocycles. The van der Waals surface area contributed by atoms with Gasteiger partial charge in [0.1, 0.15) is 5.83 Å². The van der Waals surface area contributed by atoms with Crippen LogP contribution in [-0.4, -0.2) is 18.0 Å². The van der Waals surface area contributed by atoms with E-state index in [0.717, 1.165) is 31.1 Å². The Balaban J connectivity index is 2.01. The maximum absolute atomic E-state index is 13.4. The van der Waals surface area contributed by atoms with Gasteiger partial charge in [-0.1, -0.05) is 13.0 Å². The van der Waals surface area contributed by atoms with E-state index in [1.54, 1.807) is 6.08 Å². The Bertz CT molecular complexity index is 259. The standard InChI is InChI=1S/C12H17FN/c1-10-6-8-14(9-7-10)12-5-3-2-4-11(12)13/h2,4-5,10H,3,6-9H2,1H3. The molecule has 2 rings (SSSR count). The second-order valence-corrected chi connectivity index (χ2v) is 4.24. The van der Waals surface area contributed by atoms with Gasteiger partial charge in [0.05, 0.1) is 5.70 Å². The van der Waals surface area contributed by atoms with Crippen molar-refractivity contribution in [1.29, 1.82) is 0 Å². The van der Waals surface area contributed by atoms with Crippen LogP contribution in [-0.2, 0) is 0 Å². The van der Waals surface area contributed by atoms with Crippen LogP contribution in [0.4, 0.5) is 4.39 Å². The van der Waals surface area contributed by atoms with Crippen LogP contribution in [0.1, 0.15) is 26.2 Å². The van der Waals surface area contributed by atoms with E-state index >= 15 is 0 Å². The van der Waals surface area contributed by atoms with E-state index in [0.29, 0.717) is 0 Å². The van der Waals surface area contributed by atoms with Crippen LogP contribution in [0.25, 0.3) is 0 Å². The Kier molecular flexibility index (Phi) is 2.90. The van der Waals surface area contributed by atoms with Gasteiger partial charge in [-0.15, -0.1) is 0 Å². The van der Waals surface area contributed by atoms with Crippen LogP contribution in [0, 0.1) is 12.3 Å². The van der Waals surface area contributed by atoms with Gasteiger partial charge in [-0.05, 0) is 37.7 Å². The third-order valence-electron chi connectivity index (χ3n) is 3.08. The largest absolute Gasteiger partial charge is 0.369 e. The minimum atomic E-state index is -0.0641. The van der Waals surface area contributed by atoms with E-state index in [4.69, 9.17) is 0 Å². The van der Waals surface area contributed by atoms with Crippen molar-refractivity contribution in [2.45, 2.75) is 26.2 Å². The highest BCUT2D eigenvalue weighted by Crippen LogP contribution is 2.27. The Labute approximate surface area is 85.3 Å². The van der Waals surface area contributed by atoms with Crippen molar-refractivity contribution >= 4 is 0 Å². The number of hydrogen-bond donors (Lipinski definition) is 0. The van der Waals surface area contributed by atoms with Gasteiger partial charge >= 0.3 is 0 Å². The Hall–Kier alpha value is -0.790. The number of likely N-dealkylation sites (tertiary alicyclic amines) is 1. The maximum atomic E-state index is 13.4. The molecule has 2 heteroatoms. The second-order valence-electron chi connectivity index (χ2n) is 4.24. The number of hydrogen-bond acceptors (Lipinski definition) is 1. The van der Waals surface area contributed by atoms with E-state index in [2.05, 4.69) is 11.8 Å². The first-order chi connectivity index (χ1) is 6.77. The molecule has 77 valence electrons. The maximum Gasteiger partial charge on any atom is 0.142 e. The van der Waals surface area contributed by atoms with Crippen molar-refractivity contribution < 1.29 is 4.39 Å². The predicted molar refractivity (Wildman–Crippen MR) is 56.2 cm³/mol.